The van der Waals surface area contributed by atoms with Crippen LogP contribution in [0.4, 0.5) is 0 Å². The van der Waals surface area contributed by atoms with Gasteiger partial charge in [0.05, 0.1) is 0 Å². The number of rotatable bonds is 1. The van der Waals surface area contributed by atoms with E-state index in [1.165, 1.54) is 27.1 Å². The van der Waals surface area contributed by atoms with Gasteiger partial charge in [0.15, 0.2) is 5.78 Å². The minimum atomic E-state index is 0.143. The van der Waals surface area contributed by atoms with Crippen LogP contribution in [0.1, 0.15) is 38.2 Å². The van der Waals surface area contributed by atoms with Gasteiger partial charge < -0.3 is 0 Å². The Morgan fingerprint density at radius 2 is 1.45 bits per heavy atom. The van der Waals surface area contributed by atoms with Crippen LogP contribution < -0.4 is 0 Å². The van der Waals surface area contributed by atoms with Gasteiger partial charge >= 0.3 is 0 Å². The summed E-state index contributed by atoms with van der Waals surface area (Å²) in [7, 11) is 0. The summed E-state index contributed by atoms with van der Waals surface area (Å²) >= 11 is 0. The van der Waals surface area contributed by atoms with Crippen molar-refractivity contribution in [3.8, 4) is 11.1 Å². The van der Waals surface area contributed by atoms with Crippen LogP contribution in [-0.2, 0) is 6.42 Å². The van der Waals surface area contributed by atoms with Crippen molar-refractivity contribution in [3.05, 3.63) is 118 Å². The number of hydrogen-bond acceptors (Lipinski definition) is 1. The van der Waals surface area contributed by atoms with Gasteiger partial charge in [-0.1, -0.05) is 78.4 Å². The van der Waals surface area contributed by atoms with Crippen LogP contribution in [0.3, 0.4) is 0 Å². The Morgan fingerprint density at radius 1 is 0.613 bits per heavy atom. The lowest BCUT2D eigenvalue weighted by Crippen LogP contribution is -2.17. The predicted molar refractivity (Wildman–Crippen MR) is 129 cm³/mol. The highest BCUT2D eigenvalue weighted by Crippen LogP contribution is 2.40. The van der Waals surface area contributed by atoms with Crippen LogP contribution in [0.25, 0.3) is 32.7 Å². The molecule has 0 heterocycles. The number of benzene rings is 5. The van der Waals surface area contributed by atoms with Crippen molar-refractivity contribution in [3.63, 3.8) is 0 Å². The van der Waals surface area contributed by atoms with E-state index in [4.69, 9.17) is 0 Å². The maximum absolute atomic E-state index is 13.6. The molecule has 1 nitrogen and oxygen atoms in total. The molecule has 0 fully saturated rings. The van der Waals surface area contributed by atoms with E-state index in [0.717, 1.165) is 45.4 Å². The molecule has 5 aromatic carbocycles. The molecule has 0 bridgehead atoms. The van der Waals surface area contributed by atoms with Crippen molar-refractivity contribution in [2.75, 3.05) is 0 Å². The molecule has 0 atom stereocenters. The summed E-state index contributed by atoms with van der Waals surface area (Å²) in [5, 5.41) is 4.88. The van der Waals surface area contributed by atoms with Crippen molar-refractivity contribution in [2.45, 2.75) is 20.3 Å². The second kappa shape index (κ2) is 6.65. The largest absolute Gasteiger partial charge is 0.289 e. The van der Waals surface area contributed by atoms with Crippen LogP contribution in [0.5, 0.6) is 0 Å². The molecule has 0 saturated carbocycles. The molecular formula is C30H22O. The van der Waals surface area contributed by atoms with Crippen molar-refractivity contribution < 1.29 is 4.79 Å². The van der Waals surface area contributed by atoms with E-state index in [0.29, 0.717) is 0 Å². The van der Waals surface area contributed by atoms with Gasteiger partial charge in [-0.15, -0.1) is 0 Å². The highest BCUT2D eigenvalue weighted by Gasteiger charge is 2.27. The Morgan fingerprint density at radius 3 is 2.35 bits per heavy atom. The predicted octanol–water partition coefficient (Wildman–Crippen LogP) is 7.41. The van der Waals surface area contributed by atoms with E-state index < -0.39 is 0 Å². The number of aryl methyl sites for hydroxylation is 2. The van der Waals surface area contributed by atoms with Gasteiger partial charge in [-0.25, -0.2) is 0 Å². The first-order valence-corrected chi connectivity index (χ1v) is 10.8. The minimum Gasteiger partial charge on any atom is -0.289 e. The highest BCUT2D eigenvalue weighted by atomic mass is 16.1. The zero-order valence-corrected chi connectivity index (χ0v) is 17.7. The lowest BCUT2D eigenvalue weighted by molar-refractivity contribution is 0.103. The summed E-state index contributed by atoms with van der Waals surface area (Å²) in [6.07, 6.45) is 0.803. The van der Waals surface area contributed by atoms with Gasteiger partial charge in [-0.05, 0) is 81.8 Å². The first-order valence-electron chi connectivity index (χ1n) is 10.8. The summed E-state index contributed by atoms with van der Waals surface area (Å²) in [5.41, 5.74) is 8.57. The van der Waals surface area contributed by atoms with E-state index in [-0.39, 0.29) is 5.78 Å². The van der Waals surface area contributed by atoms with E-state index in [2.05, 4.69) is 80.6 Å². The fourth-order valence-electron chi connectivity index (χ4n) is 5.10. The second-order valence-electron chi connectivity index (χ2n) is 8.68. The van der Waals surface area contributed by atoms with Gasteiger partial charge in [0.25, 0.3) is 0 Å². The van der Waals surface area contributed by atoms with E-state index in [1.807, 2.05) is 18.2 Å². The molecule has 1 heteroatoms. The van der Waals surface area contributed by atoms with Crippen LogP contribution in [0.15, 0.2) is 84.9 Å². The average Bonchev–Trinajstić information content (AvgIpc) is 2.78. The molecule has 1 aliphatic carbocycles. The van der Waals surface area contributed by atoms with Crippen molar-refractivity contribution in [2.24, 2.45) is 0 Å². The van der Waals surface area contributed by atoms with Crippen LogP contribution >= 0.6 is 0 Å². The van der Waals surface area contributed by atoms with Crippen LogP contribution in [0, 0.1) is 13.8 Å². The Balaban J connectivity index is 1.67. The van der Waals surface area contributed by atoms with Crippen molar-refractivity contribution >= 4 is 27.3 Å². The highest BCUT2D eigenvalue weighted by molar-refractivity contribution is 6.18. The standard InChI is InChI=1S/C30H22O/c1-18-10-12-20-15-22-7-5-9-26(27(22)17-24(20)14-18)28-19(2)11-13-23-16-21-6-3-4-8-25(21)30(31)29(23)28/h3-15,17H,16H2,1-2H3. The van der Waals surface area contributed by atoms with E-state index in [1.54, 1.807) is 0 Å². The average molecular weight is 399 g/mol. The lowest BCUT2D eigenvalue weighted by Gasteiger charge is -2.23. The molecular weight excluding hydrogens is 376 g/mol. The molecule has 0 saturated heterocycles. The fourth-order valence-corrected chi connectivity index (χ4v) is 5.10. The second-order valence-corrected chi connectivity index (χ2v) is 8.68. The molecule has 0 unspecified atom stereocenters. The number of fused-ring (bicyclic) bond motifs is 4. The first kappa shape index (κ1) is 18.1. The van der Waals surface area contributed by atoms with Crippen molar-refractivity contribution in [1.29, 1.82) is 0 Å². The number of carbonyl (C=O) groups is 1. The Kier molecular flexibility index (Phi) is 3.88. The number of hydrogen-bond donors (Lipinski definition) is 0. The summed E-state index contributed by atoms with van der Waals surface area (Å²) in [4.78, 5) is 13.6. The smallest absolute Gasteiger partial charge is 0.194 e. The Bertz CT molecular complexity index is 1540. The first-order chi connectivity index (χ1) is 15.1. The van der Waals surface area contributed by atoms with Crippen LogP contribution in [0.2, 0.25) is 0 Å². The number of carbonyl (C=O) groups excluding carboxylic acids is 1. The van der Waals surface area contributed by atoms with Gasteiger partial charge in [0.2, 0.25) is 0 Å². The molecule has 5 aromatic rings. The molecule has 0 aliphatic heterocycles. The zero-order chi connectivity index (χ0) is 21.1. The quantitative estimate of drug-likeness (QED) is 0.264. The van der Waals surface area contributed by atoms with Crippen LogP contribution in [-0.4, -0.2) is 5.78 Å². The molecule has 0 N–H and O–H groups in total. The number of ketones is 1. The summed E-state index contributed by atoms with van der Waals surface area (Å²) in [6, 6.07) is 29.9. The van der Waals surface area contributed by atoms with Gasteiger partial charge in [-0.3, -0.25) is 4.79 Å². The zero-order valence-electron chi connectivity index (χ0n) is 17.7. The third kappa shape index (κ3) is 2.74. The molecule has 1 aliphatic rings. The van der Waals surface area contributed by atoms with Gasteiger partial charge in [-0.2, -0.15) is 0 Å². The lowest BCUT2D eigenvalue weighted by atomic mass is 9.79. The summed E-state index contributed by atoms with van der Waals surface area (Å²) in [6.45, 7) is 4.25. The molecule has 0 amide bonds. The monoisotopic (exact) mass is 398 g/mol. The maximum Gasteiger partial charge on any atom is 0.194 e. The molecule has 0 spiro atoms. The Hall–Kier alpha value is -3.71. The maximum atomic E-state index is 13.6. The summed E-state index contributed by atoms with van der Waals surface area (Å²) < 4.78 is 0. The van der Waals surface area contributed by atoms with Gasteiger partial charge in [0.1, 0.15) is 0 Å². The normalized spacial score (nSPS) is 12.8. The topological polar surface area (TPSA) is 17.1 Å². The SMILES string of the molecule is Cc1ccc2cc3cccc(-c4c(C)ccc5c4C(=O)c4ccccc4C5)c3cc2c1. The van der Waals surface area contributed by atoms with E-state index >= 15 is 0 Å². The van der Waals surface area contributed by atoms with Crippen molar-refractivity contribution in [1.82, 2.24) is 0 Å². The van der Waals surface area contributed by atoms with Gasteiger partial charge in [0, 0.05) is 11.1 Å². The van der Waals surface area contributed by atoms with E-state index in [9.17, 15) is 4.79 Å². The molecule has 0 aromatic heterocycles. The Labute approximate surface area is 182 Å². The fraction of sp³-hybridized carbons (Fsp3) is 0.100. The molecule has 0 radical (unpaired) electrons. The third-order valence-corrected chi connectivity index (χ3v) is 6.63. The molecule has 148 valence electrons. The third-order valence-electron chi connectivity index (χ3n) is 6.63. The molecule has 6 rings (SSSR count). The summed E-state index contributed by atoms with van der Waals surface area (Å²) in [5.74, 6) is 0.143. The molecule has 31 heavy (non-hydrogen) atoms. The minimum absolute atomic E-state index is 0.143.